The second-order valence-corrected chi connectivity index (χ2v) is 12.9. The first-order valence-electron chi connectivity index (χ1n) is 15.6. The van der Waals surface area contributed by atoms with Crippen molar-refractivity contribution in [2.75, 3.05) is 50.8 Å². The second-order valence-electron chi connectivity index (χ2n) is 12.5. The van der Waals surface area contributed by atoms with Gasteiger partial charge in [0.1, 0.15) is 36.3 Å². The Hall–Kier alpha value is -4.40. The number of amides is 1. The summed E-state index contributed by atoms with van der Waals surface area (Å²) in [5.74, 6) is -1.06. The Balaban J connectivity index is 1.34. The SMILES string of the molecule is [C-]#[N+]C[C@H]1CN(c2nc(OC[C@@]34CCCN3C[C@H](F)C4)nc3cc(-c4cccc5ccc(F)c(Cl)c45)c(F)cc23)CCN1C(=O)C=C. The van der Waals surface area contributed by atoms with Crippen molar-refractivity contribution in [2.24, 2.45) is 0 Å². The molecule has 3 fully saturated rings. The van der Waals surface area contributed by atoms with Crippen molar-refractivity contribution in [2.45, 2.75) is 37.0 Å². The Kier molecular flexibility index (Phi) is 8.18. The lowest BCUT2D eigenvalue weighted by Gasteiger charge is -2.39. The van der Waals surface area contributed by atoms with E-state index < -0.39 is 29.4 Å². The standard InChI is InChI=1S/C35H32ClF3N6O2/c1-3-30(46)45-13-12-43(19-23(45)17-40-2)33-26-14-28(39)25(24-7-4-6-21-8-9-27(38)32(36)31(21)24)15-29(26)41-34(42-33)47-20-35-10-5-11-44(35)18-22(37)16-35/h3-4,6-9,14-15,22-23H,1,5,10-13,16-20H2/t22-,23+,35+/m1/s1. The quantitative estimate of drug-likeness (QED) is 0.168. The van der Waals surface area contributed by atoms with E-state index in [0.717, 1.165) is 19.4 Å². The third-order valence-corrected chi connectivity index (χ3v) is 10.1. The molecule has 0 radical (unpaired) electrons. The summed E-state index contributed by atoms with van der Waals surface area (Å²) in [6, 6.07) is 10.6. The van der Waals surface area contributed by atoms with Crippen LogP contribution in [-0.2, 0) is 4.79 Å². The number of carbonyl (C=O) groups is 1. The van der Waals surface area contributed by atoms with E-state index in [9.17, 15) is 13.6 Å². The van der Waals surface area contributed by atoms with E-state index in [-0.39, 0.29) is 42.2 Å². The van der Waals surface area contributed by atoms with Crippen LogP contribution in [0.15, 0.2) is 55.1 Å². The predicted molar refractivity (Wildman–Crippen MR) is 175 cm³/mol. The van der Waals surface area contributed by atoms with Gasteiger partial charge in [-0.15, -0.1) is 0 Å². The molecule has 0 aliphatic carbocycles. The van der Waals surface area contributed by atoms with Crippen LogP contribution in [0.1, 0.15) is 19.3 Å². The smallest absolute Gasteiger partial charge is 0.319 e. The van der Waals surface area contributed by atoms with Gasteiger partial charge in [0.25, 0.3) is 0 Å². The molecular weight excluding hydrogens is 629 g/mol. The summed E-state index contributed by atoms with van der Waals surface area (Å²) < 4.78 is 51.5. The van der Waals surface area contributed by atoms with Crippen LogP contribution < -0.4 is 9.64 Å². The highest BCUT2D eigenvalue weighted by Gasteiger charge is 2.49. The zero-order valence-electron chi connectivity index (χ0n) is 25.6. The van der Waals surface area contributed by atoms with Crippen LogP contribution in [0.3, 0.4) is 0 Å². The van der Waals surface area contributed by atoms with Gasteiger partial charge in [-0.2, -0.15) is 9.97 Å². The molecule has 0 unspecified atom stereocenters. The maximum absolute atomic E-state index is 16.2. The molecule has 0 spiro atoms. The zero-order chi connectivity index (χ0) is 32.9. The van der Waals surface area contributed by atoms with Crippen molar-refractivity contribution in [3.05, 3.63) is 83.2 Å². The fourth-order valence-corrected chi connectivity index (χ4v) is 7.80. The van der Waals surface area contributed by atoms with E-state index in [2.05, 4.69) is 16.3 Å². The number of rotatable bonds is 7. The molecular formula is C35H32ClF3N6O2. The summed E-state index contributed by atoms with van der Waals surface area (Å²) in [6.45, 7) is 13.5. The van der Waals surface area contributed by atoms with Gasteiger partial charge >= 0.3 is 6.01 Å². The van der Waals surface area contributed by atoms with Crippen LogP contribution in [0, 0.1) is 18.2 Å². The molecule has 3 aromatic carbocycles. The van der Waals surface area contributed by atoms with Crippen LogP contribution in [0.25, 0.3) is 37.6 Å². The molecule has 3 saturated heterocycles. The summed E-state index contributed by atoms with van der Waals surface area (Å²) in [4.78, 5) is 31.3. The van der Waals surface area contributed by atoms with Crippen molar-refractivity contribution in [1.82, 2.24) is 19.8 Å². The van der Waals surface area contributed by atoms with Crippen molar-refractivity contribution in [3.8, 4) is 17.1 Å². The second kappa shape index (κ2) is 12.3. The average Bonchev–Trinajstić information content (AvgIpc) is 3.60. The summed E-state index contributed by atoms with van der Waals surface area (Å²) in [5.41, 5.74) is 0.526. The number of aromatic nitrogens is 2. The van der Waals surface area contributed by atoms with E-state index in [1.165, 1.54) is 18.2 Å². The van der Waals surface area contributed by atoms with Crippen LogP contribution in [0.2, 0.25) is 5.02 Å². The summed E-state index contributed by atoms with van der Waals surface area (Å²) >= 11 is 6.41. The summed E-state index contributed by atoms with van der Waals surface area (Å²) in [5, 5.41) is 1.34. The zero-order valence-corrected chi connectivity index (χ0v) is 26.3. The number of anilines is 1. The first-order chi connectivity index (χ1) is 22.7. The van der Waals surface area contributed by atoms with Gasteiger partial charge in [0, 0.05) is 48.9 Å². The third-order valence-electron chi connectivity index (χ3n) is 9.74. The lowest BCUT2D eigenvalue weighted by atomic mass is 9.95. The van der Waals surface area contributed by atoms with Crippen LogP contribution in [-0.4, -0.2) is 89.3 Å². The minimum absolute atomic E-state index is 0.0573. The summed E-state index contributed by atoms with van der Waals surface area (Å²) in [7, 11) is 0. The lowest BCUT2D eigenvalue weighted by Crippen LogP contribution is -2.56. The Morgan fingerprint density at radius 1 is 1.13 bits per heavy atom. The van der Waals surface area contributed by atoms with Crippen molar-refractivity contribution >= 4 is 45.0 Å². The maximum Gasteiger partial charge on any atom is 0.319 e. The largest absolute Gasteiger partial charge is 0.461 e. The van der Waals surface area contributed by atoms with Gasteiger partial charge in [-0.25, -0.2) is 19.7 Å². The highest BCUT2D eigenvalue weighted by molar-refractivity contribution is 6.37. The third kappa shape index (κ3) is 5.53. The van der Waals surface area contributed by atoms with Gasteiger partial charge < -0.3 is 19.4 Å². The Morgan fingerprint density at radius 2 is 1.98 bits per heavy atom. The highest BCUT2D eigenvalue weighted by Crippen LogP contribution is 2.42. The number of piperazine rings is 1. The van der Waals surface area contributed by atoms with Gasteiger partial charge in [0.2, 0.25) is 12.5 Å². The molecule has 7 rings (SSSR count). The van der Waals surface area contributed by atoms with Crippen molar-refractivity contribution < 1.29 is 22.7 Å². The van der Waals surface area contributed by atoms with E-state index >= 15 is 4.39 Å². The molecule has 4 heterocycles. The summed E-state index contributed by atoms with van der Waals surface area (Å²) in [6.07, 6.45) is 2.44. The predicted octanol–water partition coefficient (Wildman–Crippen LogP) is 6.46. The van der Waals surface area contributed by atoms with Gasteiger partial charge in [0.05, 0.1) is 16.1 Å². The number of hydrogen-bond acceptors (Lipinski definition) is 6. The van der Waals surface area contributed by atoms with Gasteiger partial charge in [0.15, 0.2) is 0 Å². The number of benzene rings is 3. The topological polar surface area (TPSA) is 66.2 Å². The van der Waals surface area contributed by atoms with Gasteiger partial charge in [-0.1, -0.05) is 42.4 Å². The van der Waals surface area contributed by atoms with Crippen molar-refractivity contribution in [1.29, 1.82) is 0 Å². The molecule has 12 heteroatoms. The van der Waals surface area contributed by atoms with Crippen LogP contribution in [0.4, 0.5) is 19.0 Å². The Labute approximate surface area is 275 Å². The maximum atomic E-state index is 16.2. The minimum atomic E-state index is -0.927. The minimum Gasteiger partial charge on any atom is -0.461 e. The normalized spacial score (nSPS) is 22.9. The first-order valence-corrected chi connectivity index (χ1v) is 16.0. The number of hydrogen-bond donors (Lipinski definition) is 0. The fourth-order valence-electron chi connectivity index (χ4n) is 7.52. The molecule has 47 heavy (non-hydrogen) atoms. The van der Waals surface area contributed by atoms with E-state index in [1.807, 2.05) is 4.90 Å². The number of nitrogens with zero attached hydrogens (tertiary/aromatic N) is 6. The number of carbonyl (C=O) groups excluding carboxylic acids is 1. The van der Waals surface area contributed by atoms with Crippen LogP contribution >= 0.6 is 11.6 Å². The van der Waals surface area contributed by atoms with E-state index in [1.54, 1.807) is 35.2 Å². The van der Waals surface area contributed by atoms with Crippen molar-refractivity contribution in [3.63, 3.8) is 0 Å². The molecule has 8 nitrogen and oxygen atoms in total. The van der Waals surface area contributed by atoms with Crippen LogP contribution in [0.5, 0.6) is 6.01 Å². The number of halogens is 4. The van der Waals surface area contributed by atoms with E-state index in [4.69, 9.17) is 32.9 Å². The molecule has 0 bridgehead atoms. The Morgan fingerprint density at radius 3 is 2.79 bits per heavy atom. The van der Waals surface area contributed by atoms with Gasteiger partial charge in [-0.05, 0) is 54.6 Å². The molecule has 0 N–H and O–H groups in total. The highest BCUT2D eigenvalue weighted by atomic mass is 35.5. The molecule has 242 valence electrons. The molecule has 3 aliphatic rings. The lowest BCUT2D eigenvalue weighted by molar-refractivity contribution is -0.128. The molecule has 0 saturated carbocycles. The number of fused-ring (bicyclic) bond motifs is 3. The van der Waals surface area contributed by atoms with E-state index in [0.29, 0.717) is 59.1 Å². The Bertz CT molecular complexity index is 1950. The molecule has 3 aliphatic heterocycles. The first kappa shape index (κ1) is 31.2. The monoisotopic (exact) mass is 660 g/mol. The molecule has 3 atom stereocenters. The molecule has 1 aromatic heterocycles. The molecule has 4 aromatic rings. The van der Waals surface area contributed by atoms with Gasteiger partial charge in [-0.3, -0.25) is 9.69 Å². The fraction of sp³-hybridized carbons (Fsp3) is 0.371. The number of ether oxygens (including phenoxy) is 1. The molecule has 1 amide bonds. The average molecular weight is 661 g/mol. The number of alkyl halides is 1.